The highest BCUT2D eigenvalue weighted by Crippen LogP contribution is 2.30. The van der Waals surface area contributed by atoms with E-state index in [1.807, 2.05) is 30.3 Å². The van der Waals surface area contributed by atoms with Crippen LogP contribution in [0.2, 0.25) is 0 Å². The van der Waals surface area contributed by atoms with Gasteiger partial charge < -0.3 is 10.6 Å². The van der Waals surface area contributed by atoms with Crippen molar-refractivity contribution in [2.24, 2.45) is 5.73 Å². The van der Waals surface area contributed by atoms with Crippen molar-refractivity contribution in [2.75, 3.05) is 18.0 Å². The zero-order valence-corrected chi connectivity index (χ0v) is 7.86. The zero-order chi connectivity index (χ0) is 9.97. The van der Waals surface area contributed by atoms with Crippen molar-refractivity contribution in [1.29, 1.82) is 0 Å². The van der Waals surface area contributed by atoms with Crippen molar-refractivity contribution in [3.8, 4) is 0 Å². The van der Waals surface area contributed by atoms with Gasteiger partial charge in [0, 0.05) is 24.4 Å². The molecule has 1 heterocycles. The van der Waals surface area contributed by atoms with Gasteiger partial charge in [0.05, 0.1) is 0 Å². The molecule has 1 aliphatic rings. The SMILES string of the molecule is NC/C=C1\CN(c2ccccc2)C1F. The van der Waals surface area contributed by atoms with E-state index in [4.69, 9.17) is 5.73 Å². The highest BCUT2D eigenvalue weighted by Gasteiger charge is 2.32. The Morgan fingerprint density at radius 3 is 2.71 bits per heavy atom. The summed E-state index contributed by atoms with van der Waals surface area (Å²) in [6.07, 6.45) is 0.769. The van der Waals surface area contributed by atoms with Gasteiger partial charge in [0.1, 0.15) is 0 Å². The van der Waals surface area contributed by atoms with E-state index in [1.54, 1.807) is 11.0 Å². The van der Waals surface area contributed by atoms with E-state index in [2.05, 4.69) is 0 Å². The number of rotatable bonds is 2. The third kappa shape index (κ3) is 1.51. The van der Waals surface area contributed by atoms with Crippen molar-refractivity contribution in [3.63, 3.8) is 0 Å². The summed E-state index contributed by atoms with van der Waals surface area (Å²) in [5.74, 6) is 0. The molecule has 1 unspecified atom stereocenters. The van der Waals surface area contributed by atoms with Gasteiger partial charge in [0.2, 0.25) is 0 Å². The van der Waals surface area contributed by atoms with Gasteiger partial charge in [0.25, 0.3) is 0 Å². The van der Waals surface area contributed by atoms with Crippen LogP contribution >= 0.6 is 0 Å². The van der Waals surface area contributed by atoms with Crippen LogP contribution in [0.15, 0.2) is 42.0 Å². The fraction of sp³-hybridized carbons (Fsp3) is 0.273. The standard InChI is InChI=1S/C11H13FN2/c12-11-9(6-7-13)8-14(11)10-4-2-1-3-5-10/h1-6,11H,7-8,13H2/b9-6+. The number of hydrogen-bond acceptors (Lipinski definition) is 2. The average Bonchev–Trinajstić information content (AvgIpc) is 2.24. The molecule has 1 aromatic carbocycles. The molecule has 0 radical (unpaired) electrons. The van der Waals surface area contributed by atoms with Crippen LogP contribution in [0.25, 0.3) is 0 Å². The summed E-state index contributed by atoms with van der Waals surface area (Å²) in [6.45, 7) is 1.07. The van der Waals surface area contributed by atoms with Crippen molar-refractivity contribution < 1.29 is 4.39 Å². The largest absolute Gasteiger partial charge is 0.334 e. The first kappa shape index (κ1) is 9.21. The minimum absolute atomic E-state index is 0.415. The maximum absolute atomic E-state index is 13.5. The summed E-state index contributed by atoms with van der Waals surface area (Å²) in [4.78, 5) is 1.71. The highest BCUT2D eigenvalue weighted by molar-refractivity contribution is 5.54. The first-order valence-corrected chi connectivity index (χ1v) is 4.67. The smallest absolute Gasteiger partial charge is 0.196 e. The Morgan fingerprint density at radius 1 is 1.43 bits per heavy atom. The van der Waals surface area contributed by atoms with Crippen molar-refractivity contribution in [1.82, 2.24) is 0 Å². The minimum Gasteiger partial charge on any atom is -0.334 e. The Hall–Kier alpha value is -1.35. The number of halogens is 1. The summed E-state index contributed by atoms with van der Waals surface area (Å²) in [6, 6.07) is 9.56. The number of anilines is 1. The molecule has 14 heavy (non-hydrogen) atoms. The van der Waals surface area contributed by atoms with E-state index in [0.29, 0.717) is 13.1 Å². The monoisotopic (exact) mass is 192 g/mol. The first-order valence-electron chi connectivity index (χ1n) is 4.67. The number of nitrogens with zero attached hydrogens (tertiary/aromatic N) is 1. The first-order chi connectivity index (χ1) is 6.83. The molecular formula is C11H13FN2. The molecule has 1 aromatic rings. The highest BCUT2D eigenvalue weighted by atomic mass is 19.1. The van der Waals surface area contributed by atoms with Crippen LogP contribution in [0, 0.1) is 0 Å². The van der Waals surface area contributed by atoms with Gasteiger partial charge in [-0.05, 0) is 12.1 Å². The number of nitrogens with two attached hydrogens (primary N) is 1. The van der Waals surface area contributed by atoms with Gasteiger partial charge in [0.15, 0.2) is 6.30 Å². The molecule has 3 heteroatoms. The molecule has 1 aliphatic heterocycles. The van der Waals surface area contributed by atoms with Crippen molar-refractivity contribution in [3.05, 3.63) is 42.0 Å². The molecule has 0 saturated carbocycles. The predicted molar refractivity (Wildman–Crippen MR) is 55.8 cm³/mol. The molecule has 2 rings (SSSR count). The lowest BCUT2D eigenvalue weighted by Crippen LogP contribution is -2.47. The maximum atomic E-state index is 13.5. The lowest BCUT2D eigenvalue weighted by Gasteiger charge is -2.40. The van der Waals surface area contributed by atoms with Crippen LogP contribution in [0.1, 0.15) is 0 Å². The second-order valence-electron chi connectivity index (χ2n) is 3.31. The van der Waals surface area contributed by atoms with E-state index < -0.39 is 6.30 Å². The molecular weight excluding hydrogens is 179 g/mol. The quantitative estimate of drug-likeness (QED) is 0.570. The second kappa shape index (κ2) is 3.80. The van der Waals surface area contributed by atoms with Crippen LogP contribution in [0.4, 0.5) is 10.1 Å². The van der Waals surface area contributed by atoms with E-state index in [0.717, 1.165) is 11.3 Å². The fourth-order valence-electron chi connectivity index (χ4n) is 1.59. The Labute approximate surface area is 82.8 Å². The molecule has 0 aliphatic carbocycles. The molecule has 0 bridgehead atoms. The van der Waals surface area contributed by atoms with Crippen LogP contribution in [0.3, 0.4) is 0 Å². The Kier molecular flexibility index (Phi) is 2.50. The lowest BCUT2D eigenvalue weighted by molar-refractivity contribution is 0.314. The number of hydrogen-bond donors (Lipinski definition) is 1. The van der Waals surface area contributed by atoms with Gasteiger partial charge in [-0.15, -0.1) is 0 Å². The van der Waals surface area contributed by atoms with Gasteiger partial charge in [-0.3, -0.25) is 0 Å². The van der Waals surface area contributed by atoms with Crippen molar-refractivity contribution >= 4 is 5.69 Å². The summed E-state index contributed by atoms with van der Waals surface area (Å²) in [7, 11) is 0. The van der Waals surface area contributed by atoms with Gasteiger partial charge in [-0.2, -0.15) is 0 Å². The van der Waals surface area contributed by atoms with Crippen LogP contribution in [-0.4, -0.2) is 19.4 Å². The summed E-state index contributed by atoms with van der Waals surface area (Å²) in [5.41, 5.74) is 7.04. The van der Waals surface area contributed by atoms with Crippen molar-refractivity contribution in [2.45, 2.75) is 6.30 Å². The van der Waals surface area contributed by atoms with E-state index >= 15 is 0 Å². The molecule has 2 nitrogen and oxygen atoms in total. The van der Waals surface area contributed by atoms with Gasteiger partial charge >= 0.3 is 0 Å². The summed E-state index contributed by atoms with van der Waals surface area (Å²) < 4.78 is 13.5. The number of alkyl halides is 1. The zero-order valence-electron chi connectivity index (χ0n) is 7.86. The summed E-state index contributed by atoms with van der Waals surface area (Å²) >= 11 is 0. The molecule has 0 aromatic heterocycles. The third-order valence-electron chi connectivity index (χ3n) is 2.40. The van der Waals surface area contributed by atoms with Gasteiger partial charge in [-0.25, -0.2) is 4.39 Å². The summed E-state index contributed by atoms with van der Waals surface area (Å²) in [5, 5.41) is 0. The molecule has 1 atom stereocenters. The Bertz CT molecular complexity index is 334. The van der Waals surface area contributed by atoms with Gasteiger partial charge in [-0.1, -0.05) is 24.3 Å². The third-order valence-corrected chi connectivity index (χ3v) is 2.40. The molecule has 74 valence electrons. The van der Waals surface area contributed by atoms with E-state index in [1.165, 1.54) is 0 Å². The van der Waals surface area contributed by atoms with Crippen LogP contribution < -0.4 is 10.6 Å². The molecule has 2 N–H and O–H groups in total. The van der Waals surface area contributed by atoms with E-state index in [9.17, 15) is 4.39 Å². The minimum atomic E-state index is -0.985. The molecule has 0 amide bonds. The number of para-hydroxylation sites is 1. The van der Waals surface area contributed by atoms with Crippen LogP contribution in [0.5, 0.6) is 0 Å². The average molecular weight is 192 g/mol. The normalized spacial score (nSPS) is 23.7. The molecule has 1 saturated heterocycles. The van der Waals surface area contributed by atoms with Crippen LogP contribution in [-0.2, 0) is 0 Å². The molecule has 1 fully saturated rings. The Morgan fingerprint density at radius 2 is 2.14 bits per heavy atom. The lowest BCUT2D eigenvalue weighted by atomic mass is 10.0. The van der Waals surface area contributed by atoms with E-state index in [-0.39, 0.29) is 0 Å². The molecule has 0 spiro atoms. The maximum Gasteiger partial charge on any atom is 0.196 e. The second-order valence-corrected chi connectivity index (χ2v) is 3.31. The topological polar surface area (TPSA) is 29.3 Å². The Balaban J connectivity index is 2.08. The predicted octanol–water partition coefficient (Wildman–Crippen LogP) is 1.69. The number of benzene rings is 1. The fourth-order valence-corrected chi connectivity index (χ4v) is 1.59.